The van der Waals surface area contributed by atoms with Crippen LogP contribution in [-0.2, 0) is 0 Å². The van der Waals surface area contributed by atoms with Crippen LogP contribution in [0.5, 0.6) is 0 Å². The molecule has 0 fully saturated rings. The number of alkyl halides is 1. The Morgan fingerprint density at radius 3 is 2.90 bits per heavy atom. The van der Waals surface area contributed by atoms with Gasteiger partial charge in [-0.3, -0.25) is 4.79 Å². The first kappa shape index (κ1) is 15.0. The molecular weight excluding hydrogens is 318 g/mol. The molecule has 1 amide bonds. The van der Waals surface area contributed by atoms with Crippen molar-refractivity contribution in [1.82, 2.24) is 14.9 Å². The van der Waals surface area contributed by atoms with Gasteiger partial charge in [0.2, 0.25) is 0 Å². The van der Waals surface area contributed by atoms with Crippen LogP contribution >= 0.6 is 15.9 Å². The number of aromatic nitrogens is 2. The van der Waals surface area contributed by atoms with Gasteiger partial charge in [0, 0.05) is 17.6 Å². The summed E-state index contributed by atoms with van der Waals surface area (Å²) in [4.78, 5) is 12.5. The Hall–Kier alpha value is -1.36. The van der Waals surface area contributed by atoms with Gasteiger partial charge in [0.25, 0.3) is 5.91 Å². The first-order chi connectivity index (χ1) is 9.37. The monoisotopic (exact) mass is 337 g/mol. The number of hydrogen-bond acceptors (Lipinski definition) is 2. The minimum atomic E-state index is -0.0791. The van der Waals surface area contributed by atoms with Crippen molar-refractivity contribution in [2.24, 2.45) is 5.41 Å². The number of halogens is 1. The zero-order valence-corrected chi connectivity index (χ0v) is 13.6. The molecule has 0 radical (unpaired) electrons. The summed E-state index contributed by atoms with van der Waals surface area (Å²) in [5.41, 5.74) is 1.68. The van der Waals surface area contributed by atoms with E-state index in [-0.39, 0.29) is 16.1 Å². The van der Waals surface area contributed by atoms with E-state index in [1.165, 1.54) is 0 Å². The number of nitrogens with zero attached hydrogens (tertiary/aromatic N) is 2. The lowest BCUT2D eigenvalue weighted by atomic mass is 9.90. The van der Waals surface area contributed by atoms with E-state index < -0.39 is 0 Å². The number of carbonyl (C=O) groups excluding carboxylic acids is 1. The van der Waals surface area contributed by atoms with Crippen molar-refractivity contribution in [3.8, 4) is 0 Å². The Kier molecular flexibility index (Phi) is 4.48. The Balaban J connectivity index is 1.99. The molecule has 1 atom stereocenters. The van der Waals surface area contributed by atoms with Gasteiger partial charge < -0.3 is 5.32 Å². The molecule has 2 heterocycles. The third-order valence-corrected chi connectivity index (χ3v) is 3.64. The summed E-state index contributed by atoms with van der Waals surface area (Å²) in [6, 6.07) is 5.68. The number of carbonyl (C=O) groups is 1. The smallest absolute Gasteiger partial charge is 0.255 e. The lowest BCUT2D eigenvalue weighted by Crippen LogP contribution is -2.31. The fourth-order valence-corrected chi connectivity index (χ4v) is 3.28. The predicted molar refractivity (Wildman–Crippen MR) is 84.3 cm³/mol. The second-order valence-electron chi connectivity index (χ2n) is 6.16. The molecule has 0 saturated heterocycles. The molecule has 0 aliphatic rings. The molecule has 20 heavy (non-hydrogen) atoms. The van der Waals surface area contributed by atoms with Crippen molar-refractivity contribution >= 4 is 27.4 Å². The summed E-state index contributed by atoms with van der Waals surface area (Å²) in [6.45, 7) is 7.18. The topological polar surface area (TPSA) is 46.4 Å². The predicted octanol–water partition coefficient (Wildman–Crippen LogP) is 3.26. The number of nitrogens with one attached hydrogen (secondary N) is 1. The molecular formula is C15H20BrN3O. The molecule has 0 bridgehead atoms. The van der Waals surface area contributed by atoms with E-state index in [9.17, 15) is 4.79 Å². The summed E-state index contributed by atoms with van der Waals surface area (Å²) in [5.74, 6) is -0.0791. The minimum absolute atomic E-state index is 0.0791. The van der Waals surface area contributed by atoms with Crippen LogP contribution in [0.3, 0.4) is 0 Å². The highest BCUT2D eigenvalue weighted by Crippen LogP contribution is 2.24. The van der Waals surface area contributed by atoms with E-state index in [2.05, 4.69) is 47.1 Å². The van der Waals surface area contributed by atoms with Crippen molar-refractivity contribution in [1.29, 1.82) is 0 Å². The fraction of sp³-hybridized carbons (Fsp3) is 0.467. The van der Waals surface area contributed by atoms with E-state index in [1.54, 1.807) is 10.7 Å². The number of amides is 1. The quantitative estimate of drug-likeness (QED) is 0.870. The van der Waals surface area contributed by atoms with E-state index in [4.69, 9.17) is 0 Å². The van der Waals surface area contributed by atoms with E-state index in [0.29, 0.717) is 12.1 Å². The molecule has 4 nitrogen and oxygen atoms in total. The maximum absolute atomic E-state index is 12.2. The Bertz CT molecular complexity index is 600. The Labute approximate surface area is 127 Å². The van der Waals surface area contributed by atoms with Crippen molar-refractivity contribution in [2.75, 3.05) is 6.54 Å². The third-order valence-electron chi connectivity index (χ3n) is 2.99. The lowest BCUT2D eigenvalue weighted by Gasteiger charge is -2.22. The van der Waals surface area contributed by atoms with Crippen molar-refractivity contribution in [3.63, 3.8) is 0 Å². The van der Waals surface area contributed by atoms with Gasteiger partial charge in [-0.15, -0.1) is 0 Å². The number of rotatable bonds is 4. The molecule has 2 rings (SSSR count). The SMILES string of the molecule is CC(C)(C)CC(Br)CNC(=O)c1cnn2ccccc12. The summed E-state index contributed by atoms with van der Waals surface area (Å²) in [7, 11) is 0. The molecule has 2 aromatic heterocycles. The van der Waals surface area contributed by atoms with Gasteiger partial charge in [-0.2, -0.15) is 5.10 Å². The van der Waals surface area contributed by atoms with Crippen LogP contribution in [0.4, 0.5) is 0 Å². The van der Waals surface area contributed by atoms with Crippen molar-refractivity contribution in [3.05, 3.63) is 36.2 Å². The van der Waals surface area contributed by atoms with E-state index >= 15 is 0 Å². The van der Waals surface area contributed by atoms with E-state index in [1.807, 2.05) is 24.4 Å². The van der Waals surface area contributed by atoms with Gasteiger partial charge >= 0.3 is 0 Å². The van der Waals surface area contributed by atoms with Gasteiger partial charge in [0.1, 0.15) is 0 Å². The van der Waals surface area contributed by atoms with Crippen LogP contribution in [0.15, 0.2) is 30.6 Å². The normalized spacial score (nSPS) is 13.4. The first-order valence-electron chi connectivity index (χ1n) is 6.71. The largest absolute Gasteiger partial charge is 0.351 e. The van der Waals surface area contributed by atoms with Gasteiger partial charge in [-0.05, 0) is 24.0 Å². The second kappa shape index (κ2) is 5.95. The van der Waals surface area contributed by atoms with Gasteiger partial charge in [-0.25, -0.2) is 4.52 Å². The zero-order valence-electron chi connectivity index (χ0n) is 12.1. The highest BCUT2D eigenvalue weighted by atomic mass is 79.9. The average Bonchev–Trinajstić information content (AvgIpc) is 2.78. The van der Waals surface area contributed by atoms with Gasteiger partial charge in [0.05, 0.1) is 17.3 Å². The summed E-state index contributed by atoms with van der Waals surface area (Å²) >= 11 is 3.62. The molecule has 0 spiro atoms. The van der Waals surface area contributed by atoms with Crippen LogP contribution in [-0.4, -0.2) is 26.9 Å². The molecule has 1 N–H and O–H groups in total. The number of fused-ring (bicyclic) bond motifs is 1. The summed E-state index contributed by atoms with van der Waals surface area (Å²) in [5, 5.41) is 7.13. The summed E-state index contributed by atoms with van der Waals surface area (Å²) < 4.78 is 1.70. The Morgan fingerprint density at radius 1 is 1.45 bits per heavy atom. The molecule has 1 unspecified atom stereocenters. The standard InChI is InChI=1S/C15H20BrN3O/c1-15(2,3)8-11(16)9-17-14(20)12-10-18-19-7-5-4-6-13(12)19/h4-7,10-11H,8-9H2,1-3H3,(H,17,20). The van der Waals surface area contributed by atoms with Gasteiger partial charge in [-0.1, -0.05) is 42.8 Å². The van der Waals surface area contributed by atoms with Crippen LogP contribution in [0.25, 0.3) is 5.52 Å². The highest BCUT2D eigenvalue weighted by Gasteiger charge is 2.18. The molecule has 108 valence electrons. The maximum atomic E-state index is 12.2. The van der Waals surface area contributed by atoms with Crippen LogP contribution < -0.4 is 5.32 Å². The lowest BCUT2D eigenvalue weighted by molar-refractivity contribution is 0.0954. The Morgan fingerprint density at radius 2 is 2.20 bits per heavy atom. The molecule has 5 heteroatoms. The van der Waals surface area contributed by atoms with Crippen LogP contribution in [0.1, 0.15) is 37.6 Å². The molecule has 2 aromatic rings. The maximum Gasteiger partial charge on any atom is 0.255 e. The second-order valence-corrected chi connectivity index (χ2v) is 7.46. The molecule has 0 aromatic carbocycles. The molecule has 0 aliphatic heterocycles. The number of hydrogen-bond donors (Lipinski definition) is 1. The first-order valence-corrected chi connectivity index (χ1v) is 7.63. The molecule has 0 saturated carbocycles. The number of pyridine rings is 1. The van der Waals surface area contributed by atoms with E-state index in [0.717, 1.165) is 11.9 Å². The summed E-state index contributed by atoms with van der Waals surface area (Å²) in [6.07, 6.45) is 4.44. The third kappa shape index (κ3) is 3.82. The fourth-order valence-electron chi connectivity index (χ4n) is 2.14. The van der Waals surface area contributed by atoms with Crippen molar-refractivity contribution < 1.29 is 4.79 Å². The van der Waals surface area contributed by atoms with Crippen molar-refractivity contribution in [2.45, 2.75) is 32.0 Å². The van der Waals surface area contributed by atoms with Gasteiger partial charge in [0.15, 0.2) is 0 Å². The molecule has 0 aliphatic carbocycles. The highest BCUT2D eigenvalue weighted by molar-refractivity contribution is 9.09. The minimum Gasteiger partial charge on any atom is -0.351 e. The van der Waals surface area contributed by atoms with Crippen LogP contribution in [0.2, 0.25) is 0 Å². The average molecular weight is 338 g/mol. The van der Waals surface area contributed by atoms with Crippen LogP contribution in [0, 0.1) is 5.41 Å². The zero-order chi connectivity index (χ0) is 14.8.